The lowest BCUT2D eigenvalue weighted by Crippen LogP contribution is -2.51. The van der Waals surface area contributed by atoms with E-state index in [4.69, 9.17) is 9.94 Å². The molecule has 158 valence electrons. The number of urea groups is 1. The third-order valence-corrected chi connectivity index (χ3v) is 5.15. The van der Waals surface area contributed by atoms with Crippen molar-refractivity contribution in [1.82, 2.24) is 15.3 Å². The summed E-state index contributed by atoms with van der Waals surface area (Å²) in [4.78, 5) is 40.1. The van der Waals surface area contributed by atoms with E-state index in [1.807, 2.05) is 13.8 Å². The highest BCUT2D eigenvalue weighted by atomic mass is 16.5. The topological polar surface area (TPSA) is 99.2 Å². The molecule has 8 heteroatoms. The van der Waals surface area contributed by atoms with Crippen LogP contribution in [-0.2, 0) is 14.3 Å². The Bertz CT molecular complexity index is 590. The lowest BCUT2D eigenvalue weighted by atomic mass is 9.97. The summed E-state index contributed by atoms with van der Waals surface area (Å²) in [7, 11) is 0. The number of carbonyl (C=O) groups is 3. The molecule has 0 aromatic carbocycles. The molecule has 0 radical (unpaired) electrons. The van der Waals surface area contributed by atoms with Crippen molar-refractivity contribution in [2.75, 3.05) is 26.2 Å². The van der Waals surface area contributed by atoms with Crippen molar-refractivity contribution in [3.63, 3.8) is 0 Å². The molecule has 1 fully saturated rings. The van der Waals surface area contributed by atoms with Gasteiger partial charge in [-0.3, -0.25) is 10.0 Å². The molecule has 0 unspecified atom stereocenters. The van der Waals surface area contributed by atoms with E-state index in [2.05, 4.69) is 6.08 Å². The third-order valence-electron chi connectivity index (χ3n) is 5.15. The molecule has 1 aliphatic heterocycles. The zero-order chi connectivity index (χ0) is 20.5. The number of hydrogen-bond acceptors (Lipinski definition) is 5. The highest BCUT2D eigenvalue weighted by Crippen LogP contribution is 2.23. The average Bonchev–Trinajstić information content (AvgIpc) is 3.19. The zero-order valence-corrected chi connectivity index (χ0v) is 17.0. The Morgan fingerprint density at radius 2 is 2.11 bits per heavy atom. The van der Waals surface area contributed by atoms with Crippen LogP contribution >= 0.6 is 0 Å². The number of esters is 1. The number of hydroxylamine groups is 1. The first-order valence-electron chi connectivity index (χ1n) is 10.3. The zero-order valence-electron chi connectivity index (χ0n) is 17.0. The molecule has 0 aromatic rings. The summed E-state index contributed by atoms with van der Waals surface area (Å²) in [5.41, 5.74) is 2.88. The predicted octanol–water partition coefficient (Wildman–Crippen LogP) is 2.47. The van der Waals surface area contributed by atoms with Crippen molar-refractivity contribution in [1.29, 1.82) is 0 Å². The van der Waals surface area contributed by atoms with Crippen LogP contribution in [0.3, 0.4) is 0 Å². The Morgan fingerprint density at radius 1 is 1.32 bits per heavy atom. The summed E-state index contributed by atoms with van der Waals surface area (Å²) in [6.45, 7) is 4.83. The minimum absolute atomic E-state index is 0.225. The molecule has 2 aliphatic rings. The Morgan fingerprint density at radius 3 is 2.75 bits per heavy atom. The highest BCUT2D eigenvalue weighted by molar-refractivity contribution is 5.87. The van der Waals surface area contributed by atoms with Gasteiger partial charge in [0.2, 0.25) is 0 Å². The molecule has 1 atom stereocenters. The van der Waals surface area contributed by atoms with Crippen LogP contribution in [0.5, 0.6) is 0 Å². The molecular weight excluding hydrogens is 362 g/mol. The maximum Gasteiger partial charge on any atom is 0.328 e. The van der Waals surface area contributed by atoms with Gasteiger partial charge in [-0.25, -0.2) is 15.1 Å². The fourth-order valence-corrected chi connectivity index (χ4v) is 3.63. The van der Waals surface area contributed by atoms with Gasteiger partial charge in [-0.15, -0.1) is 0 Å². The Hall–Kier alpha value is -2.09. The predicted molar refractivity (Wildman–Crippen MR) is 104 cm³/mol. The van der Waals surface area contributed by atoms with Gasteiger partial charge in [0.25, 0.3) is 5.91 Å². The first-order chi connectivity index (χ1) is 13.4. The van der Waals surface area contributed by atoms with Crippen LogP contribution in [0.2, 0.25) is 0 Å². The minimum atomic E-state index is -0.649. The van der Waals surface area contributed by atoms with Gasteiger partial charge in [0, 0.05) is 13.1 Å². The lowest BCUT2D eigenvalue weighted by molar-refractivity contribution is -0.149. The maximum atomic E-state index is 13.1. The first-order valence-corrected chi connectivity index (χ1v) is 10.3. The van der Waals surface area contributed by atoms with E-state index in [0.29, 0.717) is 32.5 Å². The Balaban J connectivity index is 2.02. The van der Waals surface area contributed by atoms with Crippen LogP contribution in [0.1, 0.15) is 58.8 Å². The fourth-order valence-electron chi connectivity index (χ4n) is 3.63. The van der Waals surface area contributed by atoms with E-state index in [1.54, 1.807) is 5.48 Å². The van der Waals surface area contributed by atoms with Gasteiger partial charge in [0.05, 0.1) is 6.61 Å². The van der Waals surface area contributed by atoms with Crippen molar-refractivity contribution in [3.05, 3.63) is 11.6 Å². The van der Waals surface area contributed by atoms with Crippen molar-refractivity contribution >= 4 is 17.9 Å². The third kappa shape index (κ3) is 6.51. The molecule has 0 bridgehead atoms. The standard InChI is InChI=1S/C20H33N3O5/c1-15(2)14-28-19(25)17-9-6-11-23(17)20(26)22(13-18(24)21-27)12-10-16-7-4-3-5-8-16/h7,15,17,27H,3-6,8-14H2,1-2H3,(H,21,24)/t17-/m0/s1. The molecule has 0 spiro atoms. The molecule has 3 amide bonds. The van der Waals surface area contributed by atoms with Crippen molar-refractivity contribution in [3.8, 4) is 0 Å². The van der Waals surface area contributed by atoms with Gasteiger partial charge in [0.15, 0.2) is 0 Å². The number of ether oxygens (including phenoxy) is 1. The van der Waals surface area contributed by atoms with Crippen LogP contribution in [0.4, 0.5) is 4.79 Å². The number of allylic oxidation sites excluding steroid dienone is 1. The molecule has 1 heterocycles. The maximum absolute atomic E-state index is 13.1. The van der Waals surface area contributed by atoms with Crippen molar-refractivity contribution < 1.29 is 24.3 Å². The van der Waals surface area contributed by atoms with E-state index in [9.17, 15) is 14.4 Å². The van der Waals surface area contributed by atoms with Gasteiger partial charge >= 0.3 is 12.0 Å². The summed E-state index contributed by atoms with van der Waals surface area (Å²) in [5, 5.41) is 8.87. The lowest BCUT2D eigenvalue weighted by Gasteiger charge is -2.31. The molecule has 2 N–H and O–H groups in total. The molecule has 0 saturated carbocycles. The molecular formula is C20H33N3O5. The van der Waals surface area contributed by atoms with Gasteiger partial charge < -0.3 is 14.5 Å². The molecule has 2 rings (SSSR count). The molecule has 8 nitrogen and oxygen atoms in total. The van der Waals surface area contributed by atoms with Gasteiger partial charge in [0.1, 0.15) is 12.6 Å². The van der Waals surface area contributed by atoms with Crippen LogP contribution < -0.4 is 5.48 Å². The number of likely N-dealkylation sites (tertiary alicyclic amines) is 1. The number of rotatable bonds is 8. The largest absolute Gasteiger partial charge is 0.464 e. The van der Waals surface area contributed by atoms with Crippen molar-refractivity contribution in [2.45, 2.75) is 64.8 Å². The average molecular weight is 396 g/mol. The molecule has 0 aromatic heterocycles. The van der Waals surface area contributed by atoms with Gasteiger partial charge in [-0.2, -0.15) is 0 Å². The number of carbonyl (C=O) groups excluding carboxylic acids is 3. The number of amides is 3. The SMILES string of the molecule is CC(C)COC(=O)[C@@H]1CCCN1C(=O)N(CCC1=CCCCC1)CC(=O)NO. The van der Waals surface area contributed by atoms with Gasteiger partial charge in [-0.05, 0) is 50.9 Å². The normalized spacial score (nSPS) is 19.4. The van der Waals surface area contributed by atoms with Crippen LogP contribution in [-0.4, -0.2) is 65.2 Å². The monoisotopic (exact) mass is 395 g/mol. The highest BCUT2D eigenvalue weighted by Gasteiger charge is 2.37. The number of nitrogens with zero attached hydrogens (tertiary/aromatic N) is 2. The van der Waals surface area contributed by atoms with E-state index in [1.165, 1.54) is 21.8 Å². The Kier molecular flexibility index (Phi) is 8.76. The van der Waals surface area contributed by atoms with E-state index < -0.39 is 11.9 Å². The number of nitrogens with one attached hydrogen (secondary N) is 1. The summed E-state index contributed by atoms with van der Waals surface area (Å²) >= 11 is 0. The molecule has 1 aliphatic carbocycles. The summed E-state index contributed by atoms with van der Waals surface area (Å²) in [5.74, 6) is -0.812. The second kappa shape index (κ2) is 11.0. The first kappa shape index (κ1) is 22.2. The quantitative estimate of drug-likeness (QED) is 0.285. The van der Waals surface area contributed by atoms with Crippen molar-refractivity contribution in [2.24, 2.45) is 5.92 Å². The summed E-state index contributed by atoms with van der Waals surface area (Å²) < 4.78 is 5.33. The van der Waals surface area contributed by atoms with E-state index in [0.717, 1.165) is 25.7 Å². The fraction of sp³-hybridized carbons (Fsp3) is 0.750. The minimum Gasteiger partial charge on any atom is -0.464 e. The van der Waals surface area contributed by atoms with Crippen LogP contribution in [0, 0.1) is 5.92 Å². The summed E-state index contributed by atoms with van der Waals surface area (Å²) in [6.07, 6.45) is 8.59. The van der Waals surface area contributed by atoms with Gasteiger partial charge in [-0.1, -0.05) is 25.5 Å². The van der Waals surface area contributed by atoms with Crippen LogP contribution in [0.25, 0.3) is 0 Å². The smallest absolute Gasteiger partial charge is 0.328 e. The second-order valence-corrected chi connectivity index (χ2v) is 7.97. The second-order valence-electron chi connectivity index (χ2n) is 7.97. The van der Waals surface area contributed by atoms with Crippen LogP contribution in [0.15, 0.2) is 11.6 Å². The summed E-state index contributed by atoms with van der Waals surface area (Å²) in [6, 6.07) is -0.969. The molecule has 1 saturated heterocycles. The van der Waals surface area contributed by atoms with E-state index >= 15 is 0 Å². The van der Waals surface area contributed by atoms with E-state index in [-0.39, 0.29) is 24.5 Å². The molecule has 28 heavy (non-hydrogen) atoms. The Labute approximate surface area is 166 Å². The number of hydrogen-bond donors (Lipinski definition) is 2.